The minimum atomic E-state index is 0.253. The van der Waals surface area contributed by atoms with Gasteiger partial charge in [0, 0.05) is 24.8 Å². The highest BCUT2D eigenvalue weighted by Crippen LogP contribution is 2.21. The van der Waals surface area contributed by atoms with Crippen molar-refractivity contribution in [3.8, 4) is 0 Å². The average molecular weight is 277 g/mol. The highest BCUT2D eigenvalue weighted by atomic mass is 32.2. The molecule has 0 unspecified atom stereocenters. The quantitative estimate of drug-likeness (QED) is 0.772. The zero-order valence-electron chi connectivity index (χ0n) is 10.5. The van der Waals surface area contributed by atoms with Crippen molar-refractivity contribution in [3.05, 3.63) is 30.1 Å². The molecule has 0 saturated carbocycles. The zero-order chi connectivity index (χ0) is 12.9. The van der Waals surface area contributed by atoms with Crippen molar-refractivity contribution in [2.45, 2.75) is 36.4 Å². The van der Waals surface area contributed by atoms with Gasteiger partial charge < -0.3 is 4.74 Å². The summed E-state index contributed by atoms with van der Waals surface area (Å²) in [7, 11) is 0. The summed E-state index contributed by atoms with van der Waals surface area (Å²) in [5.41, 5.74) is 1.21. The van der Waals surface area contributed by atoms with E-state index in [9.17, 15) is 0 Å². The summed E-state index contributed by atoms with van der Waals surface area (Å²) < 4.78 is 7.45. The van der Waals surface area contributed by atoms with Gasteiger partial charge >= 0.3 is 0 Å². The van der Waals surface area contributed by atoms with E-state index in [2.05, 4.69) is 20.5 Å². The molecule has 3 rings (SSSR count). The third kappa shape index (κ3) is 3.30. The Morgan fingerprint density at radius 3 is 3.05 bits per heavy atom. The van der Waals surface area contributed by atoms with Gasteiger partial charge in [0.15, 0.2) is 0 Å². The Morgan fingerprint density at radius 1 is 1.37 bits per heavy atom. The molecular formula is C12H15N5OS. The molecule has 1 fully saturated rings. The molecule has 0 amide bonds. The second-order valence-electron chi connectivity index (χ2n) is 4.42. The monoisotopic (exact) mass is 277 g/mol. The van der Waals surface area contributed by atoms with Crippen molar-refractivity contribution in [1.82, 2.24) is 25.2 Å². The molecule has 1 aliphatic heterocycles. The molecule has 0 aliphatic carbocycles. The van der Waals surface area contributed by atoms with Crippen molar-refractivity contribution < 1.29 is 4.74 Å². The molecule has 6 nitrogen and oxygen atoms in total. The van der Waals surface area contributed by atoms with E-state index in [1.165, 1.54) is 5.56 Å². The summed E-state index contributed by atoms with van der Waals surface area (Å²) in [6, 6.07) is 4.00. The molecule has 2 aromatic rings. The number of hydrogen-bond donors (Lipinski definition) is 0. The van der Waals surface area contributed by atoms with Gasteiger partial charge in [-0.2, -0.15) is 0 Å². The van der Waals surface area contributed by atoms with Crippen LogP contribution in [0, 0.1) is 0 Å². The topological polar surface area (TPSA) is 65.7 Å². The second-order valence-corrected chi connectivity index (χ2v) is 5.37. The summed E-state index contributed by atoms with van der Waals surface area (Å²) in [5, 5.41) is 12.7. The standard InChI is InChI=1S/C12H15N5OS/c1-2-11(18-7-1)8-17-12(14-15-16-17)19-9-10-3-5-13-6-4-10/h3-6,11H,1-2,7-9H2/t11-/m0/s1. The van der Waals surface area contributed by atoms with Crippen molar-refractivity contribution in [1.29, 1.82) is 0 Å². The van der Waals surface area contributed by atoms with Gasteiger partial charge in [-0.15, -0.1) is 5.10 Å². The number of thioether (sulfide) groups is 1. The van der Waals surface area contributed by atoms with Gasteiger partial charge in [-0.05, 0) is 41.0 Å². The fourth-order valence-electron chi connectivity index (χ4n) is 2.02. The fraction of sp³-hybridized carbons (Fsp3) is 0.500. The Kier molecular flexibility index (Phi) is 4.04. The molecule has 0 spiro atoms. The van der Waals surface area contributed by atoms with Crippen LogP contribution in [0.1, 0.15) is 18.4 Å². The van der Waals surface area contributed by atoms with E-state index in [0.29, 0.717) is 0 Å². The first kappa shape index (κ1) is 12.6. The van der Waals surface area contributed by atoms with Crippen LogP contribution in [0.2, 0.25) is 0 Å². The van der Waals surface area contributed by atoms with Crippen LogP contribution in [0.15, 0.2) is 29.7 Å². The number of nitrogens with zero attached hydrogens (tertiary/aromatic N) is 5. The Labute approximate surface area is 115 Å². The summed E-state index contributed by atoms with van der Waals surface area (Å²) in [6.07, 6.45) is 6.07. The van der Waals surface area contributed by atoms with Crippen molar-refractivity contribution >= 4 is 11.8 Å². The molecule has 1 saturated heterocycles. The summed E-state index contributed by atoms with van der Waals surface area (Å²) in [4.78, 5) is 4.01. The maximum atomic E-state index is 5.61. The SMILES string of the molecule is c1cc(CSc2nnnn2C[C@@H]2CCCO2)ccn1. The maximum absolute atomic E-state index is 5.61. The van der Waals surface area contributed by atoms with Gasteiger partial charge in [0.05, 0.1) is 12.6 Å². The van der Waals surface area contributed by atoms with Crippen LogP contribution in [0.4, 0.5) is 0 Å². The first-order valence-electron chi connectivity index (χ1n) is 6.31. The van der Waals surface area contributed by atoms with Crippen molar-refractivity contribution in [2.24, 2.45) is 0 Å². The highest BCUT2D eigenvalue weighted by molar-refractivity contribution is 7.98. The predicted octanol–water partition coefficient (Wildman–Crippen LogP) is 1.54. The molecule has 0 bridgehead atoms. The molecule has 3 heterocycles. The van der Waals surface area contributed by atoms with Crippen LogP contribution < -0.4 is 0 Å². The van der Waals surface area contributed by atoms with Crippen molar-refractivity contribution in [2.75, 3.05) is 6.61 Å². The van der Waals surface area contributed by atoms with Crippen molar-refractivity contribution in [3.63, 3.8) is 0 Å². The van der Waals surface area contributed by atoms with Gasteiger partial charge in [-0.1, -0.05) is 11.8 Å². The molecule has 0 N–H and O–H groups in total. The lowest BCUT2D eigenvalue weighted by Crippen LogP contribution is -2.16. The smallest absolute Gasteiger partial charge is 0.209 e. The average Bonchev–Trinajstić information content (AvgIpc) is 3.10. The van der Waals surface area contributed by atoms with Crippen LogP contribution >= 0.6 is 11.8 Å². The van der Waals surface area contributed by atoms with Crippen LogP contribution in [0.3, 0.4) is 0 Å². The Balaban J connectivity index is 1.60. The van der Waals surface area contributed by atoms with E-state index in [4.69, 9.17) is 4.74 Å². The van der Waals surface area contributed by atoms with Crippen LogP contribution in [-0.4, -0.2) is 37.9 Å². The number of rotatable bonds is 5. The zero-order valence-corrected chi connectivity index (χ0v) is 11.3. The number of tetrazole rings is 1. The Hall–Kier alpha value is -1.47. The lowest BCUT2D eigenvalue weighted by atomic mass is 10.2. The lowest BCUT2D eigenvalue weighted by Gasteiger charge is -2.09. The minimum absolute atomic E-state index is 0.253. The van der Waals surface area contributed by atoms with E-state index < -0.39 is 0 Å². The number of ether oxygens (including phenoxy) is 1. The molecule has 1 aliphatic rings. The molecule has 7 heteroatoms. The first-order valence-corrected chi connectivity index (χ1v) is 7.30. The van der Waals surface area contributed by atoms with E-state index in [1.807, 2.05) is 16.8 Å². The Bertz CT molecular complexity index is 512. The maximum Gasteiger partial charge on any atom is 0.209 e. The minimum Gasteiger partial charge on any atom is -0.376 e. The number of hydrogen-bond acceptors (Lipinski definition) is 6. The van der Waals surface area contributed by atoms with E-state index in [1.54, 1.807) is 24.2 Å². The lowest BCUT2D eigenvalue weighted by molar-refractivity contribution is 0.0912. The molecule has 19 heavy (non-hydrogen) atoms. The van der Waals surface area contributed by atoms with Gasteiger partial charge in [0.25, 0.3) is 0 Å². The Morgan fingerprint density at radius 2 is 2.26 bits per heavy atom. The largest absolute Gasteiger partial charge is 0.376 e. The molecule has 100 valence electrons. The van der Waals surface area contributed by atoms with Crippen LogP contribution in [0.25, 0.3) is 0 Å². The van der Waals surface area contributed by atoms with Gasteiger partial charge in [0.2, 0.25) is 5.16 Å². The summed E-state index contributed by atoms with van der Waals surface area (Å²) >= 11 is 1.63. The highest BCUT2D eigenvalue weighted by Gasteiger charge is 2.18. The molecule has 0 radical (unpaired) electrons. The van der Waals surface area contributed by atoms with E-state index in [-0.39, 0.29) is 6.10 Å². The third-order valence-corrected chi connectivity index (χ3v) is 4.05. The second kappa shape index (κ2) is 6.12. The molecular weight excluding hydrogens is 262 g/mol. The van der Waals surface area contributed by atoms with Gasteiger partial charge in [-0.3, -0.25) is 4.98 Å². The molecule has 0 aromatic carbocycles. The van der Waals surface area contributed by atoms with Gasteiger partial charge in [-0.25, -0.2) is 4.68 Å². The third-order valence-electron chi connectivity index (χ3n) is 3.02. The normalized spacial score (nSPS) is 18.8. The van der Waals surface area contributed by atoms with Gasteiger partial charge in [0.1, 0.15) is 0 Å². The summed E-state index contributed by atoms with van der Waals surface area (Å²) in [6.45, 7) is 1.60. The first-order chi connectivity index (χ1) is 9.42. The molecule has 2 aromatic heterocycles. The number of aromatic nitrogens is 5. The van der Waals surface area contributed by atoms with Crippen LogP contribution in [0.5, 0.6) is 0 Å². The van der Waals surface area contributed by atoms with E-state index >= 15 is 0 Å². The molecule has 1 atom stereocenters. The number of pyridine rings is 1. The fourth-order valence-corrected chi connectivity index (χ4v) is 2.87. The summed E-state index contributed by atoms with van der Waals surface area (Å²) in [5.74, 6) is 0.842. The predicted molar refractivity (Wildman–Crippen MR) is 70.6 cm³/mol. The van der Waals surface area contributed by atoms with Crippen LogP contribution in [-0.2, 0) is 17.0 Å². The van der Waals surface area contributed by atoms with E-state index in [0.717, 1.165) is 36.9 Å².